The van der Waals surface area contributed by atoms with Crippen molar-refractivity contribution in [2.45, 2.75) is 24.7 Å². The van der Waals surface area contributed by atoms with E-state index in [-0.39, 0.29) is 23.7 Å². The SMILES string of the molecule is Cc1nc(OCCNS(=O)(=O)c2ccc([N+](=O)[O-])cc2)cc(N2CCCC2)n1. The van der Waals surface area contributed by atoms with Crippen molar-refractivity contribution < 1.29 is 18.1 Å². The molecule has 150 valence electrons. The van der Waals surface area contributed by atoms with Gasteiger partial charge in [0.2, 0.25) is 15.9 Å². The summed E-state index contributed by atoms with van der Waals surface area (Å²) >= 11 is 0. The van der Waals surface area contributed by atoms with E-state index in [1.165, 1.54) is 12.1 Å². The quantitative estimate of drug-likeness (QED) is 0.397. The molecule has 1 aliphatic rings. The highest BCUT2D eigenvalue weighted by Gasteiger charge is 2.17. The number of nitro groups is 1. The van der Waals surface area contributed by atoms with Gasteiger partial charge in [-0.25, -0.2) is 18.1 Å². The van der Waals surface area contributed by atoms with Crippen molar-refractivity contribution in [2.24, 2.45) is 0 Å². The summed E-state index contributed by atoms with van der Waals surface area (Å²) in [4.78, 5) is 20.8. The lowest BCUT2D eigenvalue weighted by Crippen LogP contribution is -2.28. The van der Waals surface area contributed by atoms with E-state index >= 15 is 0 Å². The number of nitro benzene ring substituents is 1. The molecule has 1 N–H and O–H groups in total. The van der Waals surface area contributed by atoms with Crippen molar-refractivity contribution >= 4 is 21.5 Å². The van der Waals surface area contributed by atoms with Crippen LogP contribution in [0.15, 0.2) is 35.2 Å². The molecule has 0 saturated carbocycles. The first kappa shape index (κ1) is 20.0. The highest BCUT2D eigenvalue weighted by molar-refractivity contribution is 7.89. The number of non-ortho nitro benzene ring substituents is 1. The molecular formula is C17H21N5O5S. The summed E-state index contributed by atoms with van der Waals surface area (Å²) in [5, 5.41) is 10.6. The molecule has 1 aromatic carbocycles. The van der Waals surface area contributed by atoms with Gasteiger partial charge in [0.05, 0.1) is 9.82 Å². The van der Waals surface area contributed by atoms with Crippen LogP contribution in [-0.2, 0) is 10.0 Å². The Labute approximate surface area is 162 Å². The Morgan fingerprint density at radius 1 is 1.21 bits per heavy atom. The summed E-state index contributed by atoms with van der Waals surface area (Å²) < 4.78 is 32.5. The summed E-state index contributed by atoms with van der Waals surface area (Å²) in [6.07, 6.45) is 2.26. The smallest absolute Gasteiger partial charge is 0.269 e. The Morgan fingerprint density at radius 2 is 1.89 bits per heavy atom. The third-order valence-corrected chi connectivity index (χ3v) is 5.71. The molecule has 0 spiro atoms. The molecule has 0 aliphatic carbocycles. The molecule has 0 bridgehead atoms. The van der Waals surface area contributed by atoms with Crippen molar-refractivity contribution in [3.8, 4) is 5.88 Å². The molecule has 2 heterocycles. The van der Waals surface area contributed by atoms with E-state index in [4.69, 9.17) is 4.74 Å². The normalized spacial score (nSPS) is 14.2. The van der Waals surface area contributed by atoms with Gasteiger partial charge in [-0.05, 0) is 31.9 Å². The third kappa shape index (κ3) is 4.93. The van der Waals surface area contributed by atoms with E-state index in [0.29, 0.717) is 11.7 Å². The number of anilines is 1. The Hall–Kier alpha value is -2.79. The van der Waals surface area contributed by atoms with E-state index in [1.807, 2.05) is 0 Å². The number of hydrogen-bond donors (Lipinski definition) is 1. The minimum absolute atomic E-state index is 0.0292. The number of rotatable bonds is 8. The van der Waals surface area contributed by atoms with Gasteiger partial charge in [-0.1, -0.05) is 0 Å². The molecule has 3 rings (SSSR count). The summed E-state index contributed by atoms with van der Waals surface area (Å²) in [5.41, 5.74) is -0.171. The lowest BCUT2D eigenvalue weighted by Gasteiger charge is -2.17. The Balaban J connectivity index is 1.55. The van der Waals surface area contributed by atoms with Gasteiger partial charge < -0.3 is 9.64 Å². The molecule has 2 aromatic rings. The molecule has 1 saturated heterocycles. The van der Waals surface area contributed by atoms with E-state index in [0.717, 1.165) is 43.9 Å². The second-order valence-corrected chi connectivity index (χ2v) is 8.07. The first-order chi connectivity index (χ1) is 13.3. The van der Waals surface area contributed by atoms with E-state index in [2.05, 4.69) is 19.6 Å². The Morgan fingerprint density at radius 3 is 2.54 bits per heavy atom. The van der Waals surface area contributed by atoms with E-state index in [1.54, 1.807) is 13.0 Å². The number of nitrogens with one attached hydrogen (secondary N) is 1. The van der Waals surface area contributed by atoms with Crippen LogP contribution in [0.5, 0.6) is 5.88 Å². The summed E-state index contributed by atoms with van der Waals surface area (Å²) in [6.45, 7) is 3.79. The zero-order valence-corrected chi connectivity index (χ0v) is 16.2. The van der Waals surface area contributed by atoms with Crippen LogP contribution in [0.25, 0.3) is 0 Å². The minimum atomic E-state index is -3.78. The van der Waals surface area contributed by atoms with Gasteiger partial charge in [0, 0.05) is 37.8 Å². The predicted molar refractivity (Wildman–Crippen MR) is 102 cm³/mol. The molecule has 0 radical (unpaired) electrons. The standard InChI is InChI=1S/C17H21N5O5S/c1-13-19-16(21-9-2-3-10-21)12-17(20-13)27-11-8-18-28(25,26)15-6-4-14(5-7-15)22(23)24/h4-7,12,18H,2-3,8-11H2,1H3. The number of sulfonamides is 1. The van der Waals surface area contributed by atoms with Crippen molar-refractivity contribution in [1.82, 2.24) is 14.7 Å². The Bertz CT molecular complexity index is 943. The average Bonchev–Trinajstić information content (AvgIpc) is 3.20. The largest absolute Gasteiger partial charge is 0.476 e. The van der Waals surface area contributed by atoms with Gasteiger partial charge in [0.15, 0.2) is 0 Å². The maximum atomic E-state index is 12.2. The number of aryl methyl sites for hydroxylation is 1. The van der Waals surface area contributed by atoms with E-state index < -0.39 is 14.9 Å². The van der Waals surface area contributed by atoms with Gasteiger partial charge in [-0.3, -0.25) is 10.1 Å². The molecule has 0 amide bonds. The average molecular weight is 407 g/mol. The van der Waals surface area contributed by atoms with Gasteiger partial charge >= 0.3 is 0 Å². The Kier molecular flexibility index (Phi) is 6.05. The zero-order chi connectivity index (χ0) is 20.1. The fourth-order valence-corrected chi connectivity index (χ4v) is 3.88. The number of benzene rings is 1. The molecule has 10 nitrogen and oxygen atoms in total. The minimum Gasteiger partial charge on any atom is -0.476 e. The predicted octanol–water partition coefficient (Wildman–Crippen LogP) is 1.65. The van der Waals surface area contributed by atoms with Crippen molar-refractivity contribution in [2.75, 3.05) is 31.1 Å². The second-order valence-electron chi connectivity index (χ2n) is 6.30. The monoisotopic (exact) mass is 407 g/mol. The zero-order valence-electron chi connectivity index (χ0n) is 15.4. The van der Waals surface area contributed by atoms with E-state index in [9.17, 15) is 18.5 Å². The number of ether oxygens (including phenoxy) is 1. The van der Waals surface area contributed by atoms with Gasteiger partial charge in [-0.2, -0.15) is 4.98 Å². The van der Waals surface area contributed by atoms with Crippen molar-refractivity contribution in [3.63, 3.8) is 0 Å². The maximum Gasteiger partial charge on any atom is 0.269 e. The number of aromatic nitrogens is 2. The molecule has 1 aliphatic heterocycles. The lowest BCUT2D eigenvalue weighted by atomic mass is 10.3. The van der Waals surface area contributed by atoms with Crippen LogP contribution in [0, 0.1) is 17.0 Å². The van der Waals surface area contributed by atoms with Crippen molar-refractivity contribution in [1.29, 1.82) is 0 Å². The van der Waals surface area contributed by atoms with Crippen LogP contribution in [0.1, 0.15) is 18.7 Å². The molecule has 1 aromatic heterocycles. The summed E-state index contributed by atoms with van der Waals surface area (Å²) in [5.74, 6) is 1.79. The van der Waals surface area contributed by atoms with Gasteiger partial charge in [-0.15, -0.1) is 0 Å². The lowest BCUT2D eigenvalue weighted by molar-refractivity contribution is -0.384. The highest BCUT2D eigenvalue weighted by Crippen LogP contribution is 2.21. The topological polar surface area (TPSA) is 128 Å². The first-order valence-electron chi connectivity index (χ1n) is 8.83. The molecule has 0 atom stereocenters. The molecule has 28 heavy (non-hydrogen) atoms. The molecule has 0 unspecified atom stereocenters. The van der Waals surface area contributed by atoms with Crippen LogP contribution >= 0.6 is 0 Å². The molecule has 11 heteroatoms. The van der Waals surface area contributed by atoms with Gasteiger partial charge in [0.1, 0.15) is 18.2 Å². The highest BCUT2D eigenvalue weighted by atomic mass is 32.2. The summed E-state index contributed by atoms with van der Waals surface area (Å²) in [6, 6.07) is 6.43. The number of nitrogens with zero attached hydrogens (tertiary/aromatic N) is 4. The fraction of sp³-hybridized carbons (Fsp3) is 0.412. The number of hydrogen-bond acceptors (Lipinski definition) is 8. The second kappa shape index (κ2) is 8.48. The van der Waals surface area contributed by atoms with Crippen LogP contribution < -0.4 is 14.4 Å². The fourth-order valence-electron chi connectivity index (χ4n) is 2.87. The third-order valence-electron chi connectivity index (χ3n) is 4.23. The van der Waals surface area contributed by atoms with Crippen LogP contribution in [-0.4, -0.2) is 49.6 Å². The van der Waals surface area contributed by atoms with Crippen molar-refractivity contribution in [3.05, 3.63) is 46.3 Å². The van der Waals surface area contributed by atoms with Crippen LogP contribution in [0.2, 0.25) is 0 Å². The summed E-state index contributed by atoms with van der Waals surface area (Å²) in [7, 11) is -3.78. The van der Waals surface area contributed by atoms with Gasteiger partial charge in [0.25, 0.3) is 5.69 Å². The molecular weight excluding hydrogens is 386 g/mol. The molecule has 1 fully saturated rings. The maximum absolute atomic E-state index is 12.2. The first-order valence-corrected chi connectivity index (χ1v) is 10.3. The van der Waals surface area contributed by atoms with Crippen LogP contribution in [0.4, 0.5) is 11.5 Å². The van der Waals surface area contributed by atoms with Crippen LogP contribution in [0.3, 0.4) is 0 Å².